The van der Waals surface area contributed by atoms with Crippen LogP contribution in [0.25, 0.3) is 11.3 Å². The van der Waals surface area contributed by atoms with E-state index in [0.717, 1.165) is 21.3 Å². The second kappa shape index (κ2) is 9.34. The van der Waals surface area contributed by atoms with E-state index in [4.69, 9.17) is 4.74 Å². The van der Waals surface area contributed by atoms with Crippen molar-refractivity contribution in [2.45, 2.75) is 24.7 Å². The van der Waals surface area contributed by atoms with Gasteiger partial charge in [0.15, 0.2) is 10.1 Å². The summed E-state index contributed by atoms with van der Waals surface area (Å²) in [5.41, 5.74) is 4.10. The number of nitro groups is 1. The maximum absolute atomic E-state index is 12.7. The molecular weight excluding hydrogens is 410 g/mol. The number of benzene rings is 1. The van der Waals surface area contributed by atoms with Crippen molar-refractivity contribution >= 4 is 34.6 Å². The number of hydrogen-bond donors (Lipinski definition) is 0. The van der Waals surface area contributed by atoms with Crippen molar-refractivity contribution in [2.75, 3.05) is 19.5 Å². The number of nitrogens with zero attached hydrogens (tertiary/aromatic N) is 3. The lowest BCUT2D eigenvalue weighted by molar-refractivity contribution is -0.384. The summed E-state index contributed by atoms with van der Waals surface area (Å²) in [6, 6.07) is 8.31. The zero-order valence-corrected chi connectivity index (χ0v) is 18.0. The van der Waals surface area contributed by atoms with Crippen LogP contribution in [0.4, 0.5) is 5.69 Å². The lowest BCUT2D eigenvalue weighted by atomic mass is 10.1. The summed E-state index contributed by atoms with van der Waals surface area (Å²) in [4.78, 5) is 27.8. The van der Waals surface area contributed by atoms with Crippen LogP contribution in [0.2, 0.25) is 0 Å². The smallest absolute Gasteiger partial charge is 0.270 e. The molecule has 152 valence electrons. The summed E-state index contributed by atoms with van der Waals surface area (Å²) in [6.07, 6.45) is 0. The Morgan fingerprint density at radius 2 is 2.14 bits per heavy atom. The highest BCUT2D eigenvalue weighted by Crippen LogP contribution is 2.30. The number of thiazole rings is 1. The van der Waals surface area contributed by atoms with Gasteiger partial charge < -0.3 is 9.30 Å². The molecule has 0 saturated heterocycles. The molecule has 0 spiro atoms. The third kappa shape index (κ3) is 4.92. The third-order valence-electron chi connectivity index (χ3n) is 4.56. The van der Waals surface area contributed by atoms with Crippen LogP contribution in [-0.4, -0.2) is 39.7 Å². The van der Waals surface area contributed by atoms with Gasteiger partial charge in [-0.15, -0.1) is 11.3 Å². The van der Waals surface area contributed by atoms with Gasteiger partial charge in [0.25, 0.3) is 5.69 Å². The standard InChI is InChI=1S/C20H21N3O4S2/c1-13-9-17(14(2)22(13)7-8-27-3)19(24)12-29-20-21-18(11-28-20)15-5-4-6-16(10-15)23(25)26/h4-6,9-11H,7-8,12H2,1-3H3. The number of nitro benzene ring substituents is 1. The Labute approximate surface area is 176 Å². The second-order valence-corrected chi connectivity index (χ2v) is 8.53. The van der Waals surface area contributed by atoms with E-state index in [2.05, 4.69) is 9.55 Å². The highest BCUT2D eigenvalue weighted by Gasteiger charge is 2.17. The Balaban J connectivity index is 1.68. The quantitative estimate of drug-likeness (QED) is 0.210. The molecule has 0 aliphatic heterocycles. The Morgan fingerprint density at radius 3 is 2.86 bits per heavy atom. The minimum atomic E-state index is -0.423. The molecule has 0 aliphatic rings. The van der Waals surface area contributed by atoms with Crippen molar-refractivity contribution in [1.82, 2.24) is 9.55 Å². The molecule has 2 aromatic heterocycles. The first-order chi connectivity index (χ1) is 13.9. The lowest BCUT2D eigenvalue weighted by Crippen LogP contribution is -2.09. The molecule has 3 aromatic rings. The van der Waals surface area contributed by atoms with Gasteiger partial charge >= 0.3 is 0 Å². The molecular formula is C20H21N3O4S2. The largest absolute Gasteiger partial charge is 0.383 e. The van der Waals surface area contributed by atoms with Gasteiger partial charge in [-0.2, -0.15) is 0 Å². The van der Waals surface area contributed by atoms with Crippen LogP contribution in [-0.2, 0) is 11.3 Å². The van der Waals surface area contributed by atoms with Crippen molar-refractivity contribution in [1.29, 1.82) is 0 Å². The highest BCUT2D eigenvalue weighted by atomic mass is 32.2. The van der Waals surface area contributed by atoms with Crippen LogP contribution in [0.5, 0.6) is 0 Å². The van der Waals surface area contributed by atoms with Crippen molar-refractivity contribution < 1.29 is 14.5 Å². The fourth-order valence-corrected chi connectivity index (χ4v) is 4.77. The first-order valence-electron chi connectivity index (χ1n) is 8.92. The normalized spacial score (nSPS) is 11.0. The van der Waals surface area contributed by atoms with Crippen LogP contribution < -0.4 is 0 Å². The van der Waals surface area contributed by atoms with Gasteiger partial charge in [0, 0.05) is 53.7 Å². The molecule has 0 radical (unpaired) electrons. The number of carbonyl (C=O) groups excluding carboxylic acids is 1. The van der Waals surface area contributed by atoms with Crippen LogP contribution in [0.1, 0.15) is 21.7 Å². The van der Waals surface area contributed by atoms with E-state index >= 15 is 0 Å². The number of Topliss-reactive ketones (excluding diaryl/α,β-unsaturated/α-hetero) is 1. The number of hydrogen-bond acceptors (Lipinski definition) is 7. The van der Waals surface area contributed by atoms with Crippen LogP contribution in [0, 0.1) is 24.0 Å². The minimum Gasteiger partial charge on any atom is -0.383 e. The van der Waals surface area contributed by atoms with Gasteiger partial charge in [-0.25, -0.2) is 4.98 Å². The second-order valence-electron chi connectivity index (χ2n) is 6.45. The molecule has 9 heteroatoms. The maximum atomic E-state index is 12.7. The van der Waals surface area contributed by atoms with Crippen molar-refractivity contribution in [3.63, 3.8) is 0 Å². The fraction of sp³-hybridized carbons (Fsp3) is 0.300. The number of aryl methyl sites for hydroxylation is 1. The molecule has 0 fully saturated rings. The lowest BCUT2D eigenvalue weighted by Gasteiger charge is -2.08. The van der Waals surface area contributed by atoms with Gasteiger partial charge in [0.1, 0.15) is 0 Å². The van der Waals surface area contributed by atoms with Gasteiger partial charge in [-0.1, -0.05) is 23.9 Å². The Bertz CT molecular complexity index is 1040. The Morgan fingerprint density at radius 1 is 1.34 bits per heavy atom. The van der Waals surface area contributed by atoms with Crippen molar-refractivity contribution in [3.05, 3.63) is 62.8 Å². The monoisotopic (exact) mass is 431 g/mol. The number of non-ortho nitro benzene ring substituents is 1. The number of thioether (sulfide) groups is 1. The minimum absolute atomic E-state index is 0.0312. The summed E-state index contributed by atoms with van der Waals surface area (Å²) in [7, 11) is 1.66. The number of aromatic nitrogens is 2. The highest BCUT2D eigenvalue weighted by molar-refractivity contribution is 8.01. The average molecular weight is 432 g/mol. The summed E-state index contributed by atoms with van der Waals surface area (Å²) >= 11 is 2.81. The van der Waals surface area contributed by atoms with E-state index < -0.39 is 4.92 Å². The van der Waals surface area contributed by atoms with E-state index in [-0.39, 0.29) is 17.2 Å². The fourth-order valence-electron chi connectivity index (χ4n) is 3.05. The molecule has 2 heterocycles. The molecule has 29 heavy (non-hydrogen) atoms. The van der Waals surface area contributed by atoms with E-state index in [0.29, 0.717) is 24.4 Å². The summed E-state index contributed by atoms with van der Waals surface area (Å²) < 4.78 is 7.98. The zero-order valence-electron chi connectivity index (χ0n) is 16.4. The molecule has 0 N–H and O–H groups in total. The number of rotatable bonds is 9. The molecule has 0 bridgehead atoms. The number of ketones is 1. The van der Waals surface area contributed by atoms with E-state index in [1.165, 1.54) is 35.2 Å². The van der Waals surface area contributed by atoms with E-state index in [9.17, 15) is 14.9 Å². The molecule has 0 atom stereocenters. The average Bonchev–Trinajstić information content (AvgIpc) is 3.29. The SMILES string of the molecule is COCCn1c(C)cc(C(=O)CSc2nc(-c3cccc([N+](=O)[O-])c3)cs2)c1C. The predicted molar refractivity (Wildman–Crippen MR) is 115 cm³/mol. The molecule has 1 aromatic carbocycles. The first kappa shape index (κ1) is 21.2. The Kier molecular flexibility index (Phi) is 6.83. The summed E-state index contributed by atoms with van der Waals surface area (Å²) in [5.74, 6) is 0.343. The van der Waals surface area contributed by atoms with E-state index in [1.54, 1.807) is 19.2 Å². The number of ether oxygens (including phenoxy) is 1. The molecule has 0 saturated carbocycles. The third-order valence-corrected chi connectivity index (χ3v) is 6.58. The van der Waals surface area contributed by atoms with Crippen LogP contribution in [0.15, 0.2) is 40.1 Å². The molecule has 0 unspecified atom stereocenters. The van der Waals surface area contributed by atoms with Crippen LogP contribution in [0.3, 0.4) is 0 Å². The van der Waals surface area contributed by atoms with Crippen molar-refractivity contribution in [2.24, 2.45) is 0 Å². The van der Waals surface area contributed by atoms with Gasteiger partial charge in [-0.3, -0.25) is 14.9 Å². The van der Waals surface area contributed by atoms with Crippen molar-refractivity contribution in [3.8, 4) is 11.3 Å². The summed E-state index contributed by atoms with van der Waals surface area (Å²) in [5, 5.41) is 12.8. The number of methoxy groups -OCH3 is 1. The molecule has 3 rings (SSSR count). The molecule has 0 amide bonds. The molecule has 7 nitrogen and oxygen atoms in total. The summed E-state index contributed by atoms with van der Waals surface area (Å²) in [6.45, 7) is 5.25. The van der Waals surface area contributed by atoms with Gasteiger partial charge in [0.05, 0.1) is 23.0 Å². The van der Waals surface area contributed by atoms with Crippen LogP contribution >= 0.6 is 23.1 Å². The van der Waals surface area contributed by atoms with E-state index in [1.807, 2.05) is 25.3 Å². The van der Waals surface area contributed by atoms with Gasteiger partial charge in [0.2, 0.25) is 0 Å². The predicted octanol–water partition coefficient (Wildman–Crippen LogP) is 4.76. The molecule has 0 aliphatic carbocycles. The Hall–Kier alpha value is -2.49. The topological polar surface area (TPSA) is 87.3 Å². The maximum Gasteiger partial charge on any atom is 0.270 e. The first-order valence-corrected chi connectivity index (χ1v) is 10.8. The zero-order chi connectivity index (χ0) is 21.0. The number of carbonyl (C=O) groups is 1. The van der Waals surface area contributed by atoms with Gasteiger partial charge in [-0.05, 0) is 19.9 Å².